The van der Waals surface area contributed by atoms with E-state index >= 15 is 0 Å². The average Bonchev–Trinajstić information content (AvgIpc) is 3.02. The van der Waals surface area contributed by atoms with E-state index in [9.17, 15) is 4.79 Å². The van der Waals surface area contributed by atoms with Crippen molar-refractivity contribution in [1.29, 1.82) is 0 Å². The van der Waals surface area contributed by atoms with Gasteiger partial charge in [-0.1, -0.05) is 6.92 Å². The topological polar surface area (TPSA) is 64.7 Å². The average molecular weight is 321 g/mol. The molecule has 2 saturated heterocycles. The number of imidazole rings is 1. The number of hydrogen-bond acceptors (Lipinski definition) is 5. The predicted octanol–water partition coefficient (Wildman–Crippen LogP) is 0.256. The summed E-state index contributed by atoms with van der Waals surface area (Å²) < 4.78 is 5.77. The number of H-pyrrole nitrogens is 1. The quantitative estimate of drug-likeness (QED) is 0.861. The fourth-order valence-electron chi connectivity index (χ4n) is 3.19. The Morgan fingerprint density at radius 1 is 1.30 bits per heavy atom. The molecule has 3 heterocycles. The lowest BCUT2D eigenvalue weighted by molar-refractivity contribution is -0.140. The molecule has 2 fully saturated rings. The zero-order valence-corrected chi connectivity index (χ0v) is 14.1. The lowest BCUT2D eigenvalue weighted by atomic mass is 10.2. The largest absolute Gasteiger partial charge is 0.367 e. The number of likely N-dealkylation sites (N-methyl/N-ethyl adjacent to an activating group) is 1. The monoisotopic (exact) mass is 321 g/mol. The Hall–Kier alpha value is -1.44. The van der Waals surface area contributed by atoms with Crippen molar-refractivity contribution in [1.82, 2.24) is 24.7 Å². The normalized spacial score (nSPS) is 24.1. The number of amides is 1. The Morgan fingerprint density at radius 2 is 2.04 bits per heavy atom. The number of rotatable bonds is 4. The van der Waals surface area contributed by atoms with Gasteiger partial charge < -0.3 is 19.5 Å². The maximum Gasteiger partial charge on any atom is 0.236 e. The summed E-state index contributed by atoms with van der Waals surface area (Å²) in [6.45, 7) is 11.7. The Labute approximate surface area is 137 Å². The van der Waals surface area contributed by atoms with Crippen molar-refractivity contribution in [2.75, 3.05) is 59.0 Å². The molecule has 1 amide bonds. The van der Waals surface area contributed by atoms with Crippen LogP contribution in [0.2, 0.25) is 0 Å². The van der Waals surface area contributed by atoms with Crippen LogP contribution >= 0.6 is 0 Å². The van der Waals surface area contributed by atoms with Crippen molar-refractivity contribution in [3.05, 3.63) is 17.7 Å². The summed E-state index contributed by atoms with van der Waals surface area (Å²) in [5.41, 5.74) is 1.01. The zero-order valence-electron chi connectivity index (χ0n) is 14.1. The second-order valence-electron chi connectivity index (χ2n) is 6.36. The molecule has 1 atom stereocenters. The number of carbonyl (C=O) groups excluding carboxylic acids is 1. The summed E-state index contributed by atoms with van der Waals surface area (Å²) in [4.78, 5) is 26.7. The first-order chi connectivity index (χ1) is 11.2. The molecule has 128 valence electrons. The lowest BCUT2D eigenvalue weighted by Crippen LogP contribution is -2.51. The number of aryl methyl sites for hydroxylation is 1. The van der Waals surface area contributed by atoms with Crippen molar-refractivity contribution in [3.8, 4) is 0 Å². The first kappa shape index (κ1) is 16.4. The molecule has 1 N–H and O–H groups in total. The Bertz CT molecular complexity index is 524. The Morgan fingerprint density at radius 3 is 2.70 bits per heavy atom. The second-order valence-corrected chi connectivity index (χ2v) is 6.36. The van der Waals surface area contributed by atoms with E-state index in [-0.39, 0.29) is 12.0 Å². The van der Waals surface area contributed by atoms with Gasteiger partial charge in [-0.05, 0) is 13.5 Å². The van der Waals surface area contributed by atoms with Crippen molar-refractivity contribution in [2.24, 2.45) is 0 Å². The second kappa shape index (κ2) is 7.42. The van der Waals surface area contributed by atoms with Crippen LogP contribution < -0.4 is 0 Å². The third-order valence-electron chi connectivity index (χ3n) is 4.72. The maximum absolute atomic E-state index is 12.6. The van der Waals surface area contributed by atoms with E-state index < -0.39 is 0 Å². The van der Waals surface area contributed by atoms with Crippen molar-refractivity contribution < 1.29 is 9.53 Å². The van der Waals surface area contributed by atoms with Gasteiger partial charge in [0.25, 0.3) is 0 Å². The number of aromatic amines is 1. The number of hydrogen-bond donors (Lipinski definition) is 1. The SMILES string of the molecule is CCN1CCN(CC(=O)N2CCO[C@H](c3ncc(C)[nH]3)C2)CC1. The Balaban J connectivity index is 1.51. The fraction of sp³-hybridized carbons (Fsp3) is 0.750. The van der Waals surface area contributed by atoms with Crippen LogP contribution in [0.1, 0.15) is 24.5 Å². The van der Waals surface area contributed by atoms with E-state index in [1.165, 1.54) is 0 Å². The summed E-state index contributed by atoms with van der Waals surface area (Å²) in [7, 11) is 0. The molecule has 2 aliphatic rings. The smallest absolute Gasteiger partial charge is 0.236 e. The summed E-state index contributed by atoms with van der Waals surface area (Å²) in [5.74, 6) is 1.02. The molecule has 7 nitrogen and oxygen atoms in total. The van der Waals surface area contributed by atoms with Crippen LogP contribution in [0.5, 0.6) is 0 Å². The first-order valence-electron chi connectivity index (χ1n) is 8.51. The van der Waals surface area contributed by atoms with Crippen LogP contribution in [0.4, 0.5) is 0 Å². The molecule has 0 spiro atoms. The number of aromatic nitrogens is 2. The van der Waals surface area contributed by atoms with Gasteiger partial charge in [0.05, 0.1) is 19.7 Å². The molecule has 0 bridgehead atoms. The van der Waals surface area contributed by atoms with E-state index in [2.05, 4.69) is 26.7 Å². The molecule has 7 heteroatoms. The molecule has 23 heavy (non-hydrogen) atoms. The summed E-state index contributed by atoms with van der Waals surface area (Å²) in [6.07, 6.45) is 1.66. The molecule has 0 aromatic carbocycles. The first-order valence-corrected chi connectivity index (χ1v) is 8.51. The van der Waals surface area contributed by atoms with Gasteiger partial charge in [0, 0.05) is 44.6 Å². The van der Waals surface area contributed by atoms with Crippen molar-refractivity contribution in [2.45, 2.75) is 20.0 Å². The van der Waals surface area contributed by atoms with E-state index in [1.54, 1.807) is 6.20 Å². The standard InChI is InChI=1S/C16H27N5O2/c1-3-19-4-6-20(7-5-19)12-15(22)21-8-9-23-14(11-21)16-17-10-13(2)18-16/h10,14H,3-9,11-12H2,1-2H3,(H,17,18)/t14-/m0/s1. The minimum absolute atomic E-state index is 0.140. The number of piperazine rings is 1. The molecular formula is C16H27N5O2. The van der Waals surface area contributed by atoms with E-state index in [0.717, 1.165) is 44.2 Å². The van der Waals surface area contributed by atoms with Gasteiger partial charge in [0.2, 0.25) is 5.91 Å². The van der Waals surface area contributed by atoms with Gasteiger partial charge in [-0.2, -0.15) is 0 Å². The van der Waals surface area contributed by atoms with E-state index in [1.807, 2.05) is 11.8 Å². The van der Waals surface area contributed by atoms with Gasteiger partial charge in [0.15, 0.2) is 0 Å². The van der Waals surface area contributed by atoms with Gasteiger partial charge in [0.1, 0.15) is 11.9 Å². The molecule has 1 aromatic heterocycles. The molecule has 0 unspecified atom stereocenters. The third kappa shape index (κ3) is 4.10. The number of nitrogens with zero attached hydrogens (tertiary/aromatic N) is 4. The fourth-order valence-corrected chi connectivity index (χ4v) is 3.19. The van der Waals surface area contributed by atoms with Gasteiger partial charge in [-0.15, -0.1) is 0 Å². The van der Waals surface area contributed by atoms with Crippen LogP contribution in [0, 0.1) is 6.92 Å². The minimum atomic E-state index is -0.140. The third-order valence-corrected chi connectivity index (χ3v) is 4.72. The molecular weight excluding hydrogens is 294 g/mol. The maximum atomic E-state index is 12.6. The summed E-state index contributed by atoms with van der Waals surface area (Å²) in [6, 6.07) is 0. The van der Waals surface area contributed by atoms with Crippen molar-refractivity contribution >= 4 is 5.91 Å². The lowest BCUT2D eigenvalue weighted by Gasteiger charge is -2.36. The predicted molar refractivity (Wildman–Crippen MR) is 87.2 cm³/mol. The molecule has 3 rings (SSSR count). The van der Waals surface area contributed by atoms with Gasteiger partial charge in [-0.25, -0.2) is 4.98 Å². The van der Waals surface area contributed by atoms with E-state index in [0.29, 0.717) is 26.2 Å². The van der Waals surface area contributed by atoms with Crippen molar-refractivity contribution in [3.63, 3.8) is 0 Å². The summed E-state index contributed by atoms with van der Waals surface area (Å²) in [5, 5.41) is 0. The minimum Gasteiger partial charge on any atom is -0.367 e. The highest BCUT2D eigenvalue weighted by Gasteiger charge is 2.28. The number of nitrogens with one attached hydrogen (secondary N) is 1. The highest BCUT2D eigenvalue weighted by Crippen LogP contribution is 2.20. The summed E-state index contributed by atoms with van der Waals surface area (Å²) >= 11 is 0. The van der Waals surface area contributed by atoms with Crippen LogP contribution in [-0.2, 0) is 9.53 Å². The van der Waals surface area contributed by atoms with Crippen LogP contribution in [0.15, 0.2) is 6.20 Å². The molecule has 1 aromatic rings. The number of carbonyl (C=O) groups is 1. The molecule has 2 aliphatic heterocycles. The van der Waals surface area contributed by atoms with Crippen LogP contribution in [-0.4, -0.2) is 89.5 Å². The van der Waals surface area contributed by atoms with Gasteiger partial charge >= 0.3 is 0 Å². The number of ether oxygens (including phenoxy) is 1. The number of morpholine rings is 1. The Kier molecular flexibility index (Phi) is 5.30. The zero-order chi connectivity index (χ0) is 16.2. The molecule has 0 aliphatic carbocycles. The molecule has 0 radical (unpaired) electrons. The van der Waals surface area contributed by atoms with Crippen LogP contribution in [0.3, 0.4) is 0 Å². The van der Waals surface area contributed by atoms with E-state index in [4.69, 9.17) is 4.74 Å². The highest BCUT2D eigenvalue weighted by molar-refractivity contribution is 5.78. The molecule has 0 saturated carbocycles. The van der Waals surface area contributed by atoms with Gasteiger partial charge in [-0.3, -0.25) is 9.69 Å². The highest BCUT2D eigenvalue weighted by atomic mass is 16.5. The van der Waals surface area contributed by atoms with Crippen LogP contribution in [0.25, 0.3) is 0 Å².